The van der Waals surface area contributed by atoms with Gasteiger partial charge in [0.1, 0.15) is 5.92 Å². The molecule has 0 fully saturated rings. The Labute approximate surface area is 127 Å². The van der Waals surface area contributed by atoms with Gasteiger partial charge in [0.15, 0.2) is 11.6 Å². The molecule has 0 atom stereocenters. The minimum absolute atomic E-state index is 0.122. The van der Waals surface area contributed by atoms with Crippen molar-refractivity contribution in [3.63, 3.8) is 0 Å². The Morgan fingerprint density at radius 1 is 0.842 bits per heavy atom. The summed E-state index contributed by atoms with van der Waals surface area (Å²) in [5.74, 6) is -0.966. The number of carbonyl (C=O) groups is 2. The van der Waals surface area contributed by atoms with Crippen molar-refractivity contribution < 1.29 is 9.59 Å². The van der Waals surface area contributed by atoms with Gasteiger partial charge in [-0.3, -0.25) is 9.59 Å². The molecule has 2 aromatic rings. The predicted molar refractivity (Wildman–Crippen MR) is 79.7 cm³/mol. The molecule has 94 valence electrons. The minimum Gasteiger partial charge on any atom is -0.293 e. The Hall–Kier alpha value is -1.26. The normalized spacial score (nSPS) is 14.8. The zero-order valence-corrected chi connectivity index (χ0v) is 12.9. The molecule has 0 aliphatic heterocycles. The Kier molecular flexibility index (Phi) is 3.15. The monoisotopic (exact) mass is 378 g/mol. The van der Waals surface area contributed by atoms with E-state index in [9.17, 15) is 9.59 Å². The molecule has 3 rings (SSSR count). The lowest BCUT2D eigenvalue weighted by Gasteiger charge is -2.10. The molecular weight excluding hydrogens is 372 g/mol. The van der Waals surface area contributed by atoms with Gasteiger partial charge in [-0.05, 0) is 17.7 Å². The number of fused-ring (bicyclic) bond motifs is 1. The van der Waals surface area contributed by atoms with Gasteiger partial charge >= 0.3 is 0 Å². The van der Waals surface area contributed by atoms with Gasteiger partial charge in [0.25, 0.3) is 0 Å². The summed E-state index contributed by atoms with van der Waals surface area (Å²) in [5, 5.41) is 0. The highest BCUT2D eigenvalue weighted by molar-refractivity contribution is 9.11. The quantitative estimate of drug-likeness (QED) is 0.689. The Morgan fingerprint density at radius 3 is 1.95 bits per heavy atom. The fourth-order valence-corrected chi connectivity index (χ4v) is 3.64. The van der Waals surface area contributed by atoms with Crippen molar-refractivity contribution in [2.24, 2.45) is 0 Å². The van der Waals surface area contributed by atoms with E-state index in [4.69, 9.17) is 0 Å². The largest absolute Gasteiger partial charge is 0.293 e. The molecule has 0 saturated heterocycles. The molecule has 1 aliphatic carbocycles. The van der Waals surface area contributed by atoms with E-state index < -0.39 is 5.92 Å². The van der Waals surface area contributed by atoms with Gasteiger partial charge in [0, 0.05) is 20.1 Å². The molecule has 0 heterocycles. The van der Waals surface area contributed by atoms with Crippen LogP contribution in [0.5, 0.6) is 0 Å². The molecule has 0 aromatic heterocycles. The molecule has 0 saturated carbocycles. The molecule has 1 aliphatic rings. The second kappa shape index (κ2) is 4.69. The first-order chi connectivity index (χ1) is 9.09. The maximum atomic E-state index is 12.4. The van der Waals surface area contributed by atoms with E-state index in [0.717, 1.165) is 14.5 Å². The maximum Gasteiger partial charge on any atom is 0.178 e. The van der Waals surface area contributed by atoms with Crippen LogP contribution in [0.15, 0.2) is 51.4 Å². The van der Waals surface area contributed by atoms with Gasteiger partial charge < -0.3 is 0 Å². The summed E-state index contributed by atoms with van der Waals surface area (Å²) in [6, 6.07) is 12.5. The highest BCUT2D eigenvalue weighted by Crippen LogP contribution is 2.37. The van der Waals surface area contributed by atoms with E-state index in [1.807, 2.05) is 12.1 Å². The number of halogens is 2. The van der Waals surface area contributed by atoms with Gasteiger partial charge in [0.2, 0.25) is 0 Å². The predicted octanol–water partition coefficient (Wildman–Crippen LogP) is 4.37. The summed E-state index contributed by atoms with van der Waals surface area (Å²) in [6.07, 6.45) is 0. The van der Waals surface area contributed by atoms with E-state index in [2.05, 4.69) is 31.9 Å². The van der Waals surface area contributed by atoms with E-state index in [-0.39, 0.29) is 11.6 Å². The SMILES string of the molecule is O=C1c2ccccc2C(=O)C1c1ccc(Br)cc1Br. The highest BCUT2D eigenvalue weighted by atomic mass is 79.9. The van der Waals surface area contributed by atoms with Crippen molar-refractivity contribution in [1.29, 1.82) is 0 Å². The fraction of sp³-hybridized carbons (Fsp3) is 0.0667. The van der Waals surface area contributed by atoms with Crippen LogP contribution in [0.1, 0.15) is 32.2 Å². The van der Waals surface area contributed by atoms with Crippen LogP contribution >= 0.6 is 31.9 Å². The first-order valence-electron chi connectivity index (χ1n) is 5.72. The smallest absolute Gasteiger partial charge is 0.178 e. The molecule has 0 unspecified atom stereocenters. The van der Waals surface area contributed by atoms with Gasteiger partial charge in [0.05, 0.1) is 0 Å². The van der Waals surface area contributed by atoms with Crippen LogP contribution < -0.4 is 0 Å². The number of benzene rings is 2. The van der Waals surface area contributed by atoms with Gasteiger partial charge in [-0.25, -0.2) is 0 Å². The van der Waals surface area contributed by atoms with Crippen molar-refractivity contribution in [3.05, 3.63) is 68.1 Å². The number of Topliss-reactive ketones (excluding diaryl/α,β-unsaturated/α-hetero) is 2. The van der Waals surface area contributed by atoms with Crippen molar-refractivity contribution in [2.45, 2.75) is 5.92 Å². The second-order valence-corrected chi connectivity index (χ2v) is 6.14. The van der Waals surface area contributed by atoms with Crippen LogP contribution in [0.3, 0.4) is 0 Å². The summed E-state index contributed by atoms with van der Waals surface area (Å²) >= 11 is 6.79. The molecule has 0 N–H and O–H groups in total. The van der Waals surface area contributed by atoms with Gasteiger partial charge in [-0.1, -0.05) is 62.2 Å². The average molecular weight is 380 g/mol. The van der Waals surface area contributed by atoms with Crippen LogP contribution in [-0.4, -0.2) is 11.6 Å². The number of hydrogen-bond acceptors (Lipinski definition) is 2. The molecule has 4 heteroatoms. The molecular formula is C15H8Br2O2. The lowest BCUT2D eigenvalue weighted by Crippen LogP contribution is -2.13. The third kappa shape index (κ3) is 1.99. The zero-order valence-electron chi connectivity index (χ0n) is 9.69. The number of rotatable bonds is 1. The number of carbonyl (C=O) groups excluding carboxylic acids is 2. The van der Waals surface area contributed by atoms with Crippen LogP contribution in [0.25, 0.3) is 0 Å². The van der Waals surface area contributed by atoms with Crippen LogP contribution in [0.2, 0.25) is 0 Å². The molecule has 0 spiro atoms. The van der Waals surface area contributed by atoms with E-state index in [1.165, 1.54) is 0 Å². The molecule has 0 amide bonds. The third-order valence-corrected chi connectivity index (χ3v) is 4.44. The molecule has 0 radical (unpaired) electrons. The summed E-state index contributed by atoms with van der Waals surface area (Å²) in [6.45, 7) is 0. The lowest BCUT2D eigenvalue weighted by molar-refractivity contribution is 0.0890. The first kappa shape index (κ1) is 12.8. The highest BCUT2D eigenvalue weighted by Gasteiger charge is 2.40. The third-order valence-electron chi connectivity index (χ3n) is 3.26. The second-order valence-electron chi connectivity index (χ2n) is 4.37. The van der Waals surface area contributed by atoms with Crippen molar-refractivity contribution in [1.82, 2.24) is 0 Å². The lowest BCUT2D eigenvalue weighted by atomic mass is 9.94. The summed E-state index contributed by atoms with van der Waals surface area (Å²) in [5.41, 5.74) is 1.76. The minimum atomic E-state index is -0.722. The van der Waals surface area contributed by atoms with Crippen LogP contribution in [0, 0.1) is 0 Å². The van der Waals surface area contributed by atoms with Crippen molar-refractivity contribution in [2.75, 3.05) is 0 Å². The molecule has 2 nitrogen and oxygen atoms in total. The summed E-state index contributed by atoms with van der Waals surface area (Å²) in [4.78, 5) is 24.8. The maximum absolute atomic E-state index is 12.4. The summed E-state index contributed by atoms with van der Waals surface area (Å²) < 4.78 is 1.67. The number of ketones is 2. The van der Waals surface area contributed by atoms with Crippen LogP contribution in [-0.2, 0) is 0 Å². The molecule has 2 aromatic carbocycles. The molecule has 0 bridgehead atoms. The van der Waals surface area contributed by atoms with E-state index >= 15 is 0 Å². The van der Waals surface area contributed by atoms with Crippen molar-refractivity contribution >= 4 is 43.4 Å². The Morgan fingerprint density at radius 2 is 1.42 bits per heavy atom. The average Bonchev–Trinajstić information content (AvgIpc) is 2.64. The zero-order chi connectivity index (χ0) is 13.6. The van der Waals surface area contributed by atoms with E-state index in [1.54, 1.807) is 30.3 Å². The van der Waals surface area contributed by atoms with Gasteiger partial charge in [-0.2, -0.15) is 0 Å². The number of hydrogen-bond donors (Lipinski definition) is 0. The topological polar surface area (TPSA) is 34.1 Å². The van der Waals surface area contributed by atoms with Crippen LogP contribution in [0.4, 0.5) is 0 Å². The van der Waals surface area contributed by atoms with Gasteiger partial charge in [-0.15, -0.1) is 0 Å². The van der Waals surface area contributed by atoms with Crippen molar-refractivity contribution in [3.8, 4) is 0 Å². The standard InChI is InChI=1S/C15H8Br2O2/c16-8-5-6-11(12(17)7-8)13-14(18)9-3-1-2-4-10(9)15(13)19/h1-7,13H. The first-order valence-corrected chi connectivity index (χ1v) is 7.30. The van der Waals surface area contributed by atoms with E-state index in [0.29, 0.717) is 11.1 Å². The Balaban J connectivity index is 2.14. The summed E-state index contributed by atoms with van der Waals surface area (Å²) in [7, 11) is 0. The Bertz CT molecular complexity index is 672. The fourth-order valence-electron chi connectivity index (χ4n) is 2.36. The molecule has 19 heavy (non-hydrogen) atoms.